The molecule has 0 aliphatic heterocycles. The van der Waals surface area contributed by atoms with Crippen LogP contribution in [-0.2, 0) is 11.3 Å². The van der Waals surface area contributed by atoms with E-state index in [1.807, 2.05) is 6.07 Å². The van der Waals surface area contributed by atoms with Crippen LogP contribution in [0.3, 0.4) is 0 Å². The maximum Gasteiger partial charge on any atom is 0.227 e. The second-order valence-electron chi connectivity index (χ2n) is 4.86. The summed E-state index contributed by atoms with van der Waals surface area (Å²) in [6, 6.07) is 10.6. The largest absolute Gasteiger partial charge is 0.399 e. The standard InChI is InChI=1S/C16H16F2N2O/c1-10(12-3-2-4-13(19)8-12)16(21)20-9-11-5-6-14(17)15(18)7-11/h2-8,10H,9,19H2,1H3,(H,20,21). The minimum Gasteiger partial charge on any atom is -0.399 e. The van der Waals surface area contributed by atoms with E-state index in [0.717, 1.165) is 17.7 Å². The van der Waals surface area contributed by atoms with Crippen molar-refractivity contribution in [3.8, 4) is 0 Å². The molecule has 1 amide bonds. The minimum absolute atomic E-state index is 0.142. The highest BCUT2D eigenvalue weighted by molar-refractivity contribution is 5.83. The van der Waals surface area contributed by atoms with Crippen molar-refractivity contribution in [3.63, 3.8) is 0 Å². The van der Waals surface area contributed by atoms with Crippen LogP contribution in [0.25, 0.3) is 0 Å². The number of amides is 1. The number of halogens is 2. The molecule has 0 aliphatic carbocycles. The topological polar surface area (TPSA) is 55.1 Å². The molecule has 0 aromatic heterocycles. The van der Waals surface area contributed by atoms with Gasteiger partial charge in [0, 0.05) is 12.2 Å². The molecule has 0 bridgehead atoms. The van der Waals surface area contributed by atoms with E-state index in [1.165, 1.54) is 6.07 Å². The molecule has 0 fully saturated rings. The van der Waals surface area contributed by atoms with Crippen LogP contribution in [-0.4, -0.2) is 5.91 Å². The fourth-order valence-electron chi connectivity index (χ4n) is 1.97. The highest BCUT2D eigenvalue weighted by atomic mass is 19.2. The molecule has 110 valence electrons. The van der Waals surface area contributed by atoms with Crippen LogP contribution in [0.4, 0.5) is 14.5 Å². The van der Waals surface area contributed by atoms with Crippen molar-refractivity contribution in [1.29, 1.82) is 0 Å². The lowest BCUT2D eigenvalue weighted by atomic mass is 10.00. The number of hydrogen-bond acceptors (Lipinski definition) is 2. The zero-order valence-corrected chi connectivity index (χ0v) is 11.6. The number of carbonyl (C=O) groups excluding carboxylic acids is 1. The summed E-state index contributed by atoms with van der Waals surface area (Å²) < 4.78 is 25.9. The van der Waals surface area contributed by atoms with Crippen molar-refractivity contribution in [2.24, 2.45) is 0 Å². The van der Waals surface area contributed by atoms with E-state index in [9.17, 15) is 13.6 Å². The summed E-state index contributed by atoms with van der Waals surface area (Å²) in [5.74, 6) is -2.41. The minimum atomic E-state index is -0.925. The van der Waals surface area contributed by atoms with Crippen LogP contribution in [0.1, 0.15) is 24.0 Å². The number of carbonyl (C=O) groups is 1. The Bertz CT molecular complexity index is 658. The summed E-state index contributed by atoms with van der Waals surface area (Å²) in [7, 11) is 0. The van der Waals surface area contributed by atoms with Gasteiger partial charge in [-0.1, -0.05) is 18.2 Å². The molecule has 5 heteroatoms. The first-order valence-corrected chi connectivity index (χ1v) is 6.54. The maximum absolute atomic E-state index is 13.1. The Morgan fingerprint density at radius 3 is 2.62 bits per heavy atom. The highest BCUT2D eigenvalue weighted by Gasteiger charge is 2.15. The Labute approximate surface area is 121 Å². The number of rotatable bonds is 4. The molecule has 0 saturated carbocycles. The van der Waals surface area contributed by atoms with Gasteiger partial charge in [-0.25, -0.2) is 8.78 Å². The number of anilines is 1. The molecular weight excluding hydrogens is 274 g/mol. The number of nitrogens with one attached hydrogen (secondary N) is 1. The molecule has 21 heavy (non-hydrogen) atoms. The summed E-state index contributed by atoms with van der Waals surface area (Å²) in [6.07, 6.45) is 0. The molecule has 0 aliphatic rings. The van der Waals surface area contributed by atoms with E-state index >= 15 is 0 Å². The summed E-state index contributed by atoms with van der Waals surface area (Å²) in [5.41, 5.74) is 7.58. The average molecular weight is 290 g/mol. The summed E-state index contributed by atoms with van der Waals surface area (Å²) in [5, 5.41) is 2.69. The van der Waals surface area contributed by atoms with Gasteiger partial charge in [0.25, 0.3) is 0 Å². The quantitative estimate of drug-likeness (QED) is 0.851. The zero-order valence-electron chi connectivity index (χ0n) is 11.6. The molecule has 3 N–H and O–H groups in total. The van der Waals surface area contributed by atoms with Gasteiger partial charge < -0.3 is 11.1 Å². The average Bonchev–Trinajstić information content (AvgIpc) is 2.47. The lowest BCUT2D eigenvalue weighted by Crippen LogP contribution is -2.27. The van der Waals surface area contributed by atoms with Crippen molar-refractivity contribution in [3.05, 3.63) is 65.2 Å². The van der Waals surface area contributed by atoms with Crippen LogP contribution < -0.4 is 11.1 Å². The molecule has 0 heterocycles. The lowest BCUT2D eigenvalue weighted by Gasteiger charge is -2.13. The van der Waals surface area contributed by atoms with Gasteiger partial charge in [0.15, 0.2) is 11.6 Å². The summed E-state index contributed by atoms with van der Waals surface area (Å²) in [6.45, 7) is 1.90. The van der Waals surface area contributed by atoms with Gasteiger partial charge in [-0.05, 0) is 42.3 Å². The van der Waals surface area contributed by atoms with E-state index in [0.29, 0.717) is 11.3 Å². The predicted molar refractivity (Wildman–Crippen MR) is 77.5 cm³/mol. The number of nitrogens with two attached hydrogens (primary N) is 1. The Hall–Kier alpha value is -2.43. The molecule has 0 saturated heterocycles. The summed E-state index contributed by atoms with van der Waals surface area (Å²) in [4.78, 5) is 12.1. The Morgan fingerprint density at radius 1 is 1.19 bits per heavy atom. The molecular formula is C16H16F2N2O. The number of hydrogen-bond donors (Lipinski definition) is 2. The molecule has 1 atom stereocenters. The van der Waals surface area contributed by atoms with Gasteiger partial charge in [-0.15, -0.1) is 0 Å². The van der Waals surface area contributed by atoms with Crippen molar-refractivity contribution in [2.45, 2.75) is 19.4 Å². The predicted octanol–water partition coefficient (Wildman–Crippen LogP) is 2.97. The Kier molecular flexibility index (Phi) is 4.52. The monoisotopic (exact) mass is 290 g/mol. The first-order valence-electron chi connectivity index (χ1n) is 6.54. The fraction of sp³-hybridized carbons (Fsp3) is 0.188. The molecule has 2 aromatic rings. The zero-order chi connectivity index (χ0) is 15.4. The molecule has 2 rings (SSSR count). The Balaban J connectivity index is 1.99. The van der Waals surface area contributed by atoms with Gasteiger partial charge in [0.05, 0.1) is 5.92 Å². The molecule has 1 unspecified atom stereocenters. The SMILES string of the molecule is CC(C(=O)NCc1ccc(F)c(F)c1)c1cccc(N)c1. The number of nitrogen functional groups attached to an aromatic ring is 1. The fourth-order valence-corrected chi connectivity index (χ4v) is 1.97. The first kappa shape index (κ1) is 15.0. The normalized spacial score (nSPS) is 12.0. The van der Waals surface area contributed by atoms with Crippen LogP contribution >= 0.6 is 0 Å². The van der Waals surface area contributed by atoms with Crippen molar-refractivity contribution < 1.29 is 13.6 Å². The van der Waals surface area contributed by atoms with Crippen molar-refractivity contribution in [1.82, 2.24) is 5.32 Å². The van der Waals surface area contributed by atoms with Crippen LogP contribution in [0.2, 0.25) is 0 Å². The lowest BCUT2D eigenvalue weighted by molar-refractivity contribution is -0.122. The van der Waals surface area contributed by atoms with Gasteiger partial charge in [0.1, 0.15) is 0 Å². The van der Waals surface area contributed by atoms with Gasteiger partial charge >= 0.3 is 0 Å². The third-order valence-corrected chi connectivity index (χ3v) is 3.25. The van der Waals surface area contributed by atoms with Gasteiger partial charge in [0.2, 0.25) is 5.91 Å². The molecule has 2 aromatic carbocycles. The number of benzene rings is 2. The van der Waals surface area contributed by atoms with Gasteiger partial charge in [-0.2, -0.15) is 0 Å². The second-order valence-corrected chi connectivity index (χ2v) is 4.86. The van der Waals surface area contributed by atoms with E-state index in [1.54, 1.807) is 25.1 Å². The second kappa shape index (κ2) is 6.35. The van der Waals surface area contributed by atoms with Gasteiger partial charge in [-0.3, -0.25) is 4.79 Å². The van der Waals surface area contributed by atoms with Crippen molar-refractivity contribution in [2.75, 3.05) is 5.73 Å². The van der Waals surface area contributed by atoms with E-state index in [4.69, 9.17) is 5.73 Å². The molecule has 0 spiro atoms. The van der Waals surface area contributed by atoms with E-state index < -0.39 is 11.6 Å². The van der Waals surface area contributed by atoms with Crippen molar-refractivity contribution >= 4 is 11.6 Å². The van der Waals surface area contributed by atoms with Crippen LogP contribution in [0, 0.1) is 11.6 Å². The smallest absolute Gasteiger partial charge is 0.227 e. The maximum atomic E-state index is 13.1. The third-order valence-electron chi connectivity index (χ3n) is 3.25. The van der Waals surface area contributed by atoms with Crippen LogP contribution in [0.15, 0.2) is 42.5 Å². The first-order chi connectivity index (χ1) is 9.97. The molecule has 0 radical (unpaired) electrons. The van der Waals surface area contributed by atoms with Crippen LogP contribution in [0.5, 0.6) is 0 Å². The van der Waals surface area contributed by atoms with E-state index in [-0.39, 0.29) is 18.4 Å². The summed E-state index contributed by atoms with van der Waals surface area (Å²) >= 11 is 0. The Morgan fingerprint density at radius 2 is 1.95 bits per heavy atom. The highest BCUT2D eigenvalue weighted by Crippen LogP contribution is 2.18. The third kappa shape index (κ3) is 3.78. The molecule has 3 nitrogen and oxygen atoms in total. The van der Waals surface area contributed by atoms with E-state index in [2.05, 4.69) is 5.32 Å².